The number of carbonyl (C=O) groups excluding carboxylic acids is 1. The number of anilines is 1. The van der Waals surface area contributed by atoms with Crippen LogP contribution in [0.2, 0.25) is 0 Å². The number of para-hydroxylation sites is 1. The summed E-state index contributed by atoms with van der Waals surface area (Å²) >= 11 is 1.44. The fourth-order valence-corrected chi connectivity index (χ4v) is 4.70. The Hall–Kier alpha value is -2.74. The number of rotatable bonds is 8. The molecule has 0 bridgehead atoms. The van der Waals surface area contributed by atoms with Crippen LogP contribution in [-0.2, 0) is 22.5 Å². The van der Waals surface area contributed by atoms with E-state index in [0.29, 0.717) is 5.13 Å². The molecule has 4 rings (SSSR count). The van der Waals surface area contributed by atoms with Gasteiger partial charge in [0.05, 0.1) is 17.9 Å². The predicted molar refractivity (Wildman–Crippen MR) is 127 cm³/mol. The summed E-state index contributed by atoms with van der Waals surface area (Å²) in [5.41, 5.74) is 3.21. The van der Waals surface area contributed by atoms with Gasteiger partial charge in [-0.1, -0.05) is 48.5 Å². The van der Waals surface area contributed by atoms with E-state index in [1.165, 1.54) is 16.9 Å². The number of morpholine rings is 1. The van der Waals surface area contributed by atoms with Gasteiger partial charge in [-0.25, -0.2) is 4.98 Å². The molecule has 1 saturated heterocycles. The minimum Gasteiger partial charge on any atom is -0.483 e. The zero-order valence-electron chi connectivity index (χ0n) is 18.5. The van der Waals surface area contributed by atoms with E-state index in [1.54, 1.807) is 0 Å². The van der Waals surface area contributed by atoms with E-state index in [2.05, 4.69) is 41.2 Å². The molecule has 2 aromatic carbocycles. The molecule has 0 spiro atoms. The Morgan fingerprint density at radius 2 is 1.84 bits per heavy atom. The number of aromatic nitrogens is 1. The maximum Gasteiger partial charge on any atom is 0.264 e. The van der Waals surface area contributed by atoms with Crippen LogP contribution in [0.25, 0.3) is 0 Å². The van der Waals surface area contributed by atoms with Crippen LogP contribution in [-0.4, -0.2) is 47.7 Å². The molecule has 3 aromatic rings. The first-order valence-electron chi connectivity index (χ1n) is 10.9. The highest BCUT2D eigenvalue weighted by atomic mass is 32.1. The lowest BCUT2D eigenvalue weighted by atomic mass is 10.0. The van der Waals surface area contributed by atoms with E-state index in [1.807, 2.05) is 47.8 Å². The molecule has 2 heterocycles. The van der Waals surface area contributed by atoms with Crippen LogP contribution < -0.4 is 10.1 Å². The minimum absolute atomic E-state index is 0.0563. The zero-order chi connectivity index (χ0) is 22.3. The van der Waals surface area contributed by atoms with Crippen molar-refractivity contribution in [1.82, 2.24) is 9.88 Å². The SMILES string of the molecule is CC1CN(Cc2csc(NC(=O)COc3ccccc3Cc3ccccc3)n2)CC(C)O1. The van der Waals surface area contributed by atoms with Gasteiger partial charge in [-0.05, 0) is 31.0 Å². The summed E-state index contributed by atoms with van der Waals surface area (Å²) in [5, 5.41) is 5.45. The molecule has 1 N–H and O–H groups in total. The lowest BCUT2D eigenvalue weighted by molar-refractivity contribution is -0.118. The van der Waals surface area contributed by atoms with Gasteiger partial charge in [-0.15, -0.1) is 11.3 Å². The number of thiazole rings is 1. The van der Waals surface area contributed by atoms with Crippen molar-refractivity contribution in [2.24, 2.45) is 0 Å². The molecular weight excluding hydrogens is 422 g/mol. The third kappa shape index (κ3) is 6.38. The van der Waals surface area contributed by atoms with Gasteiger partial charge in [0.1, 0.15) is 5.75 Å². The van der Waals surface area contributed by atoms with Crippen molar-refractivity contribution in [2.45, 2.75) is 39.0 Å². The quantitative estimate of drug-likeness (QED) is 0.551. The second kappa shape index (κ2) is 10.7. The maximum absolute atomic E-state index is 12.4. The summed E-state index contributed by atoms with van der Waals surface area (Å²) in [7, 11) is 0. The number of benzene rings is 2. The topological polar surface area (TPSA) is 63.7 Å². The summed E-state index contributed by atoms with van der Waals surface area (Å²) in [6.07, 6.45) is 1.20. The number of ether oxygens (including phenoxy) is 2. The predicted octanol–water partition coefficient (Wildman–Crippen LogP) is 4.36. The van der Waals surface area contributed by atoms with Gasteiger partial charge in [-0.2, -0.15) is 0 Å². The van der Waals surface area contributed by atoms with Gasteiger partial charge in [0, 0.05) is 31.4 Å². The molecule has 0 saturated carbocycles. The van der Waals surface area contributed by atoms with Crippen LogP contribution in [0.15, 0.2) is 60.0 Å². The van der Waals surface area contributed by atoms with E-state index >= 15 is 0 Å². The van der Waals surface area contributed by atoms with Crippen molar-refractivity contribution in [3.05, 3.63) is 76.8 Å². The van der Waals surface area contributed by atoms with Crippen molar-refractivity contribution in [3.8, 4) is 5.75 Å². The van der Waals surface area contributed by atoms with Crippen LogP contribution in [0.4, 0.5) is 5.13 Å². The molecule has 1 amide bonds. The molecule has 1 aliphatic heterocycles. The average Bonchev–Trinajstić information content (AvgIpc) is 3.19. The molecule has 1 aliphatic rings. The Morgan fingerprint density at radius 1 is 1.12 bits per heavy atom. The third-order valence-electron chi connectivity index (χ3n) is 5.25. The first-order valence-corrected chi connectivity index (χ1v) is 11.8. The largest absolute Gasteiger partial charge is 0.483 e. The molecule has 168 valence electrons. The Kier molecular flexibility index (Phi) is 7.52. The monoisotopic (exact) mass is 451 g/mol. The number of nitrogens with zero attached hydrogens (tertiary/aromatic N) is 2. The van der Waals surface area contributed by atoms with Gasteiger partial charge in [-0.3, -0.25) is 15.0 Å². The molecule has 1 fully saturated rings. The van der Waals surface area contributed by atoms with Gasteiger partial charge < -0.3 is 9.47 Å². The van der Waals surface area contributed by atoms with Crippen LogP contribution in [0, 0.1) is 0 Å². The molecule has 0 aliphatic carbocycles. The summed E-state index contributed by atoms with van der Waals surface area (Å²) in [5.74, 6) is 0.510. The Morgan fingerprint density at radius 3 is 2.62 bits per heavy atom. The molecule has 0 radical (unpaired) electrons. The fraction of sp³-hybridized carbons (Fsp3) is 0.360. The minimum atomic E-state index is -0.214. The maximum atomic E-state index is 12.4. The first kappa shape index (κ1) is 22.5. The van der Waals surface area contributed by atoms with Crippen LogP contribution >= 0.6 is 11.3 Å². The summed E-state index contributed by atoms with van der Waals surface area (Å²) in [4.78, 5) is 19.4. The van der Waals surface area contributed by atoms with Crippen LogP contribution in [0.1, 0.15) is 30.7 Å². The second-order valence-electron chi connectivity index (χ2n) is 8.20. The highest BCUT2D eigenvalue weighted by Gasteiger charge is 2.22. The molecule has 32 heavy (non-hydrogen) atoms. The van der Waals surface area contributed by atoms with E-state index in [4.69, 9.17) is 9.47 Å². The number of hydrogen-bond donors (Lipinski definition) is 1. The van der Waals surface area contributed by atoms with E-state index in [9.17, 15) is 4.79 Å². The lowest BCUT2D eigenvalue weighted by Crippen LogP contribution is -2.44. The molecule has 2 atom stereocenters. The van der Waals surface area contributed by atoms with Crippen LogP contribution in [0.3, 0.4) is 0 Å². The van der Waals surface area contributed by atoms with Crippen molar-refractivity contribution in [3.63, 3.8) is 0 Å². The van der Waals surface area contributed by atoms with Gasteiger partial charge in [0.25, 0.3) is 5.91 Å². The smallest absolute Gasteiger partial charge is 0.264 e. The second-order valence-corrected chi connectivity index (χ2v) is 9.06. The standard InChI is InChI=1S/C25H29N3O3S/c1-18-13-28(14-19(2)31-18)15-22-17-32-25(26-22)27-24(29)16-30-23-11-7-6-10-21(23)12-20-8-4-3-5-9-20/h3-11,17-19H,12-16H2,1-2H3,(H,26,27,29). The van der Waals surface area contributed by atoms with E-state index in [-0.39, 0.29) is 24.7 Å². The van der Waals surface area contributed by atoms with Crippen molar-refractivity contribution < 1.29 is 14.3 Å². The Balaban J connectivity index is 1.29. The zero-order valence-corrected chi connectivity index (χ0v) is 19.3. The van der Waals surface area contributed by atoms with Crippen LogP contribution in [0.5, 0.6) is 5.75 Å². The summed E-state index contributed by atoms with van der Waals surface area (Å²) in [6, 6.07) is 18.0. The summed E-state index contributed by atoms with van der Waals surface area (Å²) < 4.78 is 11.6. The highest BCUT2D eigenvalue weighted by molar-refractivity contribution is 7.13. The lowest BCUT2D eigenvalue weighted by Gasteiger charge is -2.34. The third-order valence-corrected chi connectivity index (χ3v) is 6.05. The number of hydrogen-bond acceptors (Lipinski definition) is 6. The number of amides is 1. The number of carbonyl (C=O) groups is 1. The Labute approximate surface area is 193 Å². The Bertz CT molecular complexity index is 1010. The highest BCUT2D eigenvalue weighted by Crippen LogP contribution is 2.22. The van der Waals surface area contributed by atoms with Crippen molar-refractivity contribution >= 4 is 22.4 Å². The molecular formula is C25H29N3O3S. The normalized spacial score (nSPS) is 18.9. The van der Waals surface area contributed by atoms with Gasteiger partial charge in [0.2, 0.25) is 0 Å². The fourth-order valence-electron chi connectivity index (χ4n) is 3.98. The molecule has 2 unspecified atom stereocenters. The first-order chi connectivity index (χ1) is 15.5. The summed E-state index contributed by atoms with van der Waals surface area (Å²) in [6.45, 7) is 6.66. The average molecular weight is 452 g/mol. The van der Waals surface area contributed by atoms with E-state index < -0.39 is 0 Å². The van der Waals surface area contributed by atoms with Gasteiger partial charge in [0.15, 0.2) is 11.7 Å². The molecule has 6 nitrogen and oxygen atoms in total. The molecule has 7 heteroatoms. The van der Waals surface area contributed by atoms with Crippen molar-refractivity contribution in [1.29, 1.82) is 0 Å². The number of nitrogens with one attached hydrogen (secondary N) is 1. The molecule has 1 aromatic heterocycles. The van der Waals surface area contributed by atoms with Crippen molar-refractivity contribution in [2.75, 3.05) is 25.0 Å². The van der Waals surface area contributed by atoms with E-state index in [0.717, 1.165) is 43.1 Å². The van der Waals surface area contributed by atoms with Gasteiger partial charge >= 0.3 is 0 Å².